The molecule has 0 radical (unpaired) electrons. The molecule has 0 saturated carbocycles. The van der Waals surface area contributed by atoms with E-state index in [1.807, 2.05) is 0 Å². The molecule has 3 heteroatoms. The van der Waals surface area contributed by atoms with E-state index in [9.17, 15) is 0 Å². The Hall–Kier alpha value is -0.120. The van der Waals surface area contributed by atoms with E-state index in [0.29, 0.717) is 12.1 Å². The molecule has 2 unspecified atom stereocenters. The maximum Gasteiger partial charge on any atom is 0.0615 e. The molecule has 0 aromatic carbocycles. The number of rotatable bonds is 10. The summed E-state index contributed by atoms with van der Waals surface area (Å²) < 4.78 is 5.19. The van der Waals surface area contributed by atoms with E-state index in [0.717, 1.165) is 25.6 Å². The molecule has 0 aliphatic rings. The van der Waals surface area contributed by atoms with Gasteiger partial charge in [0.1, 0.15) is 0 Å². The van der Waals surface area contributed by atoms with Crippen LogP contribution in [-0.4, -0.2) is 50.8 Å². The molecule has 0 heterocycles. The highest BCUT2D eigenvalue weighted by Gasteiger charge is 2.14. The predicted octanol–water partition coefficient (Wildman–Crippen LogP) is 2.37. The van der Waals surface area contributed by atoms with Gasteiger partial charge in [-0.05, 0) is 52.7 Å². The Morgan fingerprint density at radius 2 is 1.76 bits per heavy atom. The molecule has 0 amide bonds. The van der Waals surface area contributed by atoms with Crippen LogP contribution in [0.2, 0.25) is 0 Å². The third-order valence-corrected chi connectivity index (χ3v) is 3.33. The number of nitrogens with one attached hydrogen (secondary N) is 1. The average Bonchev–Trinajstić information content (AvgIpc) is 2.27. The van der Waals surface area contributed by atoms with Crippen LogP contribution in [0.4, 0.5) is 0 Å². The SMILES string of the molecule is COCC(C)N(C)C(C)CCCNCC(C)C. The maximum absolute atomic E-state index is 5.19. The first-order valence-electron chi connectivity index (χ1n) is 6.90. The minimum Gasteiger partial charge on any atom is -0.383 e. The highest BCUT2D eigenvalue weighted by Crippen LogP contribution is 2.08. The van der Waals surface area contributed by atoms with E-state index in [2.05, 4.69) is 45.0 Å². The average molecular weight is 244 g/mol. The van der Waals surface area contributed by atoms with Crippen LogP contribution in [0.25, 0.3) is 0 Å². The first kappa shape index (κ1) is 16.9. The van der Waals surface area contributed by atoms with Crippen molar-refractivity contribution in [2.24, 2.45) is 5.92 Å². The van der Waals surface area contributed by atoms with Gasteiger partial charge in [-0.25, -0.2) is 0 Å². The number of likely N-dealkylation sites (N-methyl/N-ethyl adjacent to an activating group) is 1. The Kier molecular flexibility index (Phi) is 9.79. The molecule has 0 aliphatic heterocycles. The zero-order valence-electron chi connectivity index (χ0n) is 12.6. The molecule has 0 fully saturated rings. The Morgan fingerprint density at radius 3 is 2.29 bits per heavy atom. The first-order chi connectivity index (χ1) is 7.99. The highest BCUT2D eigenvalue weighted by molar-refractivity contribution is 4.70. The van der Waals surface area contributed by atoms with Crippen molar-refractivity contribution in [1.82, 2.24) is 10.2 Å². The van der Waals surface area contributed by atoms with Crippen LogP contribution in [0.3, 0.4) is 0 Å². The van der Waals surface area contributed by atoms with Gasteiger partial charge in [0.2, 0.25) is 0 Å². The van der Waals surface area contributed by atoms with Gasteiger partial charge in [0.15, 0.2) is 0 Å². The summed E-state index contributed by atoms with van der Waals surface area (Å²) in [5.74, 6) is 0.747. The summed E-state index contributed by atoms with van der Waals surface area (Å²) in [6, 6.07) is 1.12. The highest BCUT2D eigenvalue weighted by atomic mass is 16.5. The molecule has 0 aromatic rings. The van der Waals surface area contributed by atoms with Crippen molar-refractivity contribution in [3.8, 4) is 0 Å². The van der Waals surface area contributed by atoms with Crippen LogP contribution in [0.15, 0.2) is 0 Å². The van der Waals surface area contributed by atoms with E-state index in [-0.39, 0.29) is 0 Å². The van der Waals surface area contributed by atoms with Gasteiger partial charge in [0.05, 0.1) is 6.61 Å². The van der Waals surface area contributed by atoms with Crippen molar-refractivity contribution in [3.63, 3.8) is 0 Å². The summed E-state index contributed by atoms with van der Waals surface area (Å²) in [6.45, 7) is 12.1. The first-order valence-corrected chi connectivity index (χ1v) is 6.90. The van der Waals surface area contributed by atoms with Crippen molar-refractivity contribution in [3.05, 3.63) is 0 Å². The second kappa shape index (κ2) is 9.86. The monoisotopic (exact) mass is 244 g/mol. The van der Waals surface area contributed by atoms with Gasteiger partial charge in [-0.15, -0.1) is 0 Å². The van der Waals surface area contributed by atoms with Gasteiger partial charge in [-0.3, -0.25) is 4.90 Å². The standard InChI is InChI=1S/C14H32N2O/c1-12(2)10-15-9-7-8-13(3)16(5)14(4)11-17-6/h12-15H,7-11H2,1-6H3. The number of methoxy groups -OCH3 is 1. The van der Waals surface area contributed by atoms with Crippen molar-refractivity contribution < 1.29 is 4.74 Å². The molecule has 1 N–H and O–H groups in total. The van der Waals surface area contributed by atoms with Crippen LogP contribution < -0.4 is 5.32 Å². The third kappa shape index (κ3) is 8.58. The van der Waals surface area contributed by atoms with Gasteiger partial charge in [0, 0.05) is 19.2 Å². The molecular formula is C14H32N2O. The summed E-state index contributed by atoms with van der Waals surface area (Å²) in [4.78, 5) is 2.41. The van der Waals surface area contributed by atoms with Crippen LogP contribution in [0, 0.1) is 5.92 Å². The molecule has 0 bridgehead atoms. The molecule has 3 nitrogen and oxygen atoms in total. The van der Waals surface area contributed by atoms with Crippen LogP contribution in [0.5, 0.6) is 0 Å². The number of hydrogen-bond acceptors (Lipinski definition) is 3. The summed E-state index contributed by atoms with van der Waals surface area (Å²) in [6.07, 6.45) is 2.49. The van der Waals surface area contributed by atoms with Gasteiger partial charge in [-0.1, -0.05) is 13.8 Å². The lowest BCUT2D eigenvalue weighted by atomic mass is 10.1. The normalized spacial score (nSPS) is 15.5. The van der Waals surface area contributed by atoms with Gasteiger partial charge >= 0.3 is 0 Å². The fourth-order valence-electron chi connectivity index (χ4n) is 1.91. The Morgan fingerprint density at radius 1 is 1.12 bits per heavy atom. The topological polar surface area (TPSA) is 24.5 Å². The molecule has 0 saturated heterocycles. The molecule has 104 valence electrons. The molecule has 2 atom stereocenters. The van der Waals surface area contributed by atoms with Crippen LogP contribution >= 0.6 is 0 Å². The fraction of sp³-hybridized carbons (Fsp3) is 1.00. The minimum atomic E-state index is 0.499. The molecular weight excluding hydrogens is 212 g/mol. The summed E-state index contributed by atoms with van der Waals surface area (Å²) in [5.41, 5.74) is 0. The zero-order valence-corrected chi connectivity index (χ0v) is 12.6. The largest absolute Gasteiger partial charge is 0.383 e. The van der Waals surface area contributed by atoms with Crippen LogP contribution in [0.1, 0.15) is 40.5 Å². The van der Waals surface area contributed by atoms with E-state index in [1.165, 1.54) is 12.8 Å². The third-order valence-electron chi connectivity index (χ3n) is 3.33. The van der Waals surface area contributed by atoms with Crippen LogP contribution in [-0.2, 0) is 4.74 Å². The Balaban J connectivity index is 3.59. The number of ether oxygens (including phenoxy) is 1. The lowest BCUT2D eigenvalue weighted by Gasteiger charge is -2.30. The summed E-state index contributed by atoms with van der Waals surface area (Å²) >= 11 is 0. The van der Waals surface area contributed by atoms with E-state index in [1.54, 1.807) is 7.11 Å². The van der Waals surface area contributed by atoms with E-state index >= 15 is 0 Å². The van der Waals surface area contributed by atoms with Gasteiger partial charge < -0.3 is 10.1 Å². The number of hydrogen-bond donors (Lipinski definition) is 1. The lowest BCUT2D eigenvalue weighted by Crippen LogP contribution is -2.39. The maximum atomic E-state index is 5.19. The van der Waals surface area contributed by atoms with Crippen molar-refractivity contribution in [1.29, 1.82) is 0 Å². The van der Waals surface area contributed by atoms with E-state index < -0.39 is 0 Å². The van der Waals surface area contributed by atoms with Crippen molar-refractivity contribution >= 4 is 0 Å². The molecule has 17 heavy (non-hydrogen) atoms. The lowest BCUT2D eigenvalue weighted by molar-refractivity contribution is 0.0907. The molecule has 0 aliphatic carbocycles. The molecule has 0 spiro atoms. The quantitative estimate of drug-likeness (QED) is 0.597. The number of nitrogens with zero attached hydrogens (tertiary/aromatic N) is 1. The van der Waals surface area contributed by atoms with Gasteiger partial charge in [0.25, 0.3) is 0 Å². The Labute approximate surface area is 108 Å². The van der Waals surface area contributed by atoms with Crippen molar-refractivity contribution in [2.45, 2.75) is 52.6 Å². The van der Waals surface area contributed by atoms with Gasteiger partial charge in [-0.2, -0.15) is 0 Å². The summed E-state index contributed by atoms with van der Waals surface area (Å²) in [5, 5.41) is 3.49. The second-order valence-corrected chi connectivity index (χ2v) is 5.56. The van der Waals surface area contributed by atoms with Crippen molar-refractivity contribution in [2.75, 3.05) is 33.9 Å². The second-order valence-electron chi connectivity index (χ2n) is 5.56. The Bertz CT molecular complexity index is 174. The minimum absolute atomic E-state index is 0.499. The summed E-state index contributed by atoms with van der Waals surface area (Å²) in [7, 11) is 3.96. The predicted molar refractivity (Wildman–Crippen MR) is 75.5 cm³/mol. The molecule has 0 rings (SSSR count). The fourth-order valence-corrected chi connectivity index (χ4v) is 1.91. The molecule has 0 aromatic heterocycles. The van der Waals surface area contributed by atoms with E-state index in [4.69, 9.17) is 4.74 Å². The zero-order chi connectivity index (χ0) is 13.3. The smallest absolute Gasteiger partial charge is 0.0615 e.